The number of amides is 2. The van der Waals surface area contributed by atoms with E-state index in [1.807, 2.05) is 210 Å². The molecule has 6 heteroatoms. The molecule has 4 N–H and O–H groups in total. The molecular weight excluding hydrogens is 753 g/mol. The van der Waals surface area contributed by atoms with E-state index >= 15 is 0 Å². The molecule has 61 heavy (non-hydrogen) atoms. The van der Waals surface area contributed by atoms with Gasteiger partial charge in [-0.25, -0.2) is 0 Å². The van der Waals surface area contributed by atoms with Crippen LogP contribution in [0.2, 0.25) is 0 Å². The van der Waals surface area contributed by atoms with Gasteiger partial charge in [0.2, 0.25) is 11.8 Å². The molecule has 0 saturated heterocycles. The molecule has 8 aromatic carbocycles. The van der Waals surface area contributed by atoms with Crippen LogP contribution in [-0.4, -0.2) is 22.0 Å². The fourth-order valence-corrected chi connectivity index (χ4v) is 8.62. The van der Waals surface area contributed by atoms with E-state index in [0.29, 0.717) is 33.4 Å². The van der Waals surface area contributed by atoms with Crippen molar-refractivity contribution in [3.63, 3.8) is 0 Å². The summed E-state index contributed by atoms with van der Waals surface area (Å²) in [5.41, 5.74) is 4.29. The number of fused-ring (bicyclic) bond motifs is 2. The zero-order valence-corrected chi connectivity index (χ0v) is 34.9. The summed E-state index contributed by atoms with van der Waals surface area (Å²) < 4.78 is 0. The highest BCUT2D eigenvalue weighted by molar-refractivity contribution is 5.98. The third-order valence-electron chi connectivity index (χ3n) is 12.0. The fourth-order valence-electron chi connectivity index (χ4n) is 8.62. The van der Waals surface area contributed by atoms with Gasteiger partial charge in [-0.05, 0) is 82.6 Å². The largest absolute Gasteiger partial charge is 0.378 e. The summed E-state index contributed by atoms with van der Waals surface area (Å²) in [6.45, 7) is 7.95. The van der Waals surface area contributed by atoms with E-state index < -0.39 is 41.5 Å². The van der Waals surface area contributed by atoms with Crippen molar-refractivity contribution in [1.82, 2.24) is 10.6 Å². The molecule has 0 aromatic heterocycles. The second-order valence-corrected chi connectivity index (χ2v) is 16.3. The van der Waals surface area contributed by atoms with Crippen molar-refractivity contribution in [1.29, 1.82) is 0 Å². The quantitative estimate of drug-likeness (QED) is 0.0925. The zero-order chi connectivity index (χ0) is 42.7. The van der Waals surface area contributed by atoms with Crippen LogP contribution in [0.3, 0.4) is 0 Å². The number of nitrogens with one attached hydrogen (secondary N) is 2. The van der Waals surface area contributed by atoms with E-state index in [9.17, 15) is 19.8 Å². The van der Waals surface area contributed by atoms with E-state index in [-0.39, 0.29) is 0 Å². The maximum Gasteiger partial charge on any atom is 0.230 e. The Hall–Kier alpha value is -6.86. The van der Waals surface area contributed by atoms with Crippen molar-refractivity contribution in [3.05, 3.63) is 238 Å². The van der Waals surface area contributed by atoms with Gasteiger partial charge in [-0.15, -0.1) is 0 Å². The van der Waals surface area contributed by atoms with E-state index in [2.05, 4.69) is 10.6 Å². The van der Waals surface area contributed by atoms with Gasteiger partial charge in [0.25, 0.3) is 0 Å². The van der Waals surface area contributed by atoms with Gasteiger partial charge in [-0.2, -0.15) is 0 Å². The van der Waals surface area contributed by atoms with Crippen LogP contribution in [0, 0.1) is 27.7 Å². The van der Waals surface area contributed by atoms with Crippen LogP contribution >= 0.6 is 0 Å². The first-order valence-corrected chi connectivity index (χ1v) is 20.7. The molecule has 8 aromatic rings. The maximum atomic E-state index is 14.6. The fraction of sp³-hybridized carbons (Fsp3) is 0.164. The maximum absolute atomic E-state index is 14.6. The van der Waals surface area contributed by atoms with Crippen molar-refractivity contribution in [2.24, 2.45) is 0 Å². The third-order valence-corrected chi connectivity index (χ3v) is 12.0. The van der Waals surface area contributed by atoms with Crippen molar-refractivity contribution in [3.8, 4) is 0 Å². The number of hydrogen-bond donors (Lipinski definition) is 4. The lowest BCUT2D eigenvalue weighted by molar-refractivity contribution is -0.132. The van der Waals surface area contributed by atoms with Crippen molar-refractivity contribution in [2.45, 2.75) is 57.4 Å². The highest BCUT2D eigenvalue weighted by atomic mass is 16.3. The van der Waals surface area contributed by atoms with Crippen LogP contribution in [0.25, 0.3) is 21.5 Å². The van der Waals surface area contributed by atoms with Gasteiger partial charge in [0.05, 0.1) is 12.1 Å². The van der Waals surface area contributed by atoms with Crippen LogP contribution in [0.4, 0.5) is 0 Å². The molecule has 0 bridgehead atoms. The average Bonchev–Trinajstić information content (AvgIpc) is 3.27. The molecule has 0 heterocycles. The van der Waals surface area contributed by atoms with Gasteiger partial charge < -0.3 is 20.8 Å². The second-order valence-electron chi connectivity index (χ2n) is 16.3. The molecule has 0 aliphatic heterocycles. The minimum absolute atomic E-state index is 0.585. The Kier molecular flexibility index (Phi) is 11.4. The molecule has 2 amide bonds. The van der Waals surface area contributed by atoms with Crippen molar-refractivity contribution >= 4 is 33.4 Å². The lowest BCUT2D eigenvalue weighted by Gasteiger charge is -2.39. The van der Waals surface area contributed by atoms with Gasteiger partial charge in [-0.3, -0.25) is 9.59 Å². The standard InChI is InChI=1S/C55H50N2O4/c1-36-19-27-42(28-20-36)54(60,43-29-21-37(2)22-30-43)52(48-17-9-13-40-11-5-7-15-46(40)48)56-50(58)35-51(59)57-53(49-18-10-14-41-12-6-8-16-47(41)49)55(61,44-31-23-38(3)24-32-44)45-33-25-39(4)26-34-45/h5-34,52-53,60-61H,35H2,1-4H3,(H,56,58)(H,57,59). The number of carbonyl (C=O) groups is 2. The SMILES string of the molecule is Cc1ccc(C(O)(c2ccc(C)cc2)C(NC(=O)CC(=O)NC(c2cccc3ccccc23)C(O)(c2ccc(C)cc2)c2ccc(C)cc2)c2cccc3ccccc23)cc1. The molecule has 0 aliphatic carbocycles. The van der Waals surface area contributed by atoms with Gasteiger partial charge in [0.15, 0.2) is 0 Å². The van der Waals surface area contributed by atoms with Crippen molar-refractivity contribution < 1.29 is 19.8 Å². The number of carbonyl (C=O) groups excluding carboxylic acids is 2. The predicted octanol–water partition coefficient (Wildman–Crippen LogP) is 10.5. The number of aryl methyl sites for hydroxylation is 4. The minimum atomic E-state index is -1.76. The molecule has 2 atom stereocenters. The highest BCUT2D eigenvalue weighted by Gasteiger charge is 2.45. The lowest BCUT2D eigenvalue weighted by atomic mass is 9.75. The Morgan fingerprint density at radius 1 is 0.410 bits per heavy atom. The molecule has 6 nitrogen and oxygen atoms in total. The van der Waals surface area contributed by atoms with Gasteiger partial charge in [0, 0.05) is 0 Å². The molecule has 304 valence electrons. The topological polar surface area (TPSA) is 98.7 Å². The van der Waals surface area contributed by atoms with E-state index in [4.69, 9.17) is 0 Å². The molecular formula is C55H50N2O4. The van der Waals surface area contributed by atoms with Gasteiger partial charge in [-0.1, -0.05) is 204 Å². The number of aliphatic hydroxyl groups is 2. The Morgan fingerprint density at radius 2 is 0.689 bits per heavy atom. The number of benzene rings is 8. The van der Waals surface area contributed by atoms with E-state index in [1.165, 1.54) is 0 Å². The highest BCUT2D eigenvalue weighted by Crippen LogP contribution is 2.45. The van der Waals surface area contributed by atoms with E-state index in [0.717, 1.165) is 43.8 Å². The lowest BCUT2D eigenvalue weighted by Crippen LogP contribution is -2.48. The Bertz CT molecular complexity index is 2530. The first-order valence-electron chi connectivity index (χ1n) is 20.7. The third kappa shape index (κ3) is 8.08. The molecule has 8 rings (SSSR count). The Labute approximate surface area is 357 Å². The average molecular weight is 803 g/mol. The van der Waals surface area contributed by atoms with E-state index in [1.54, 1.807) is 0 Å². The smallest absolute Gasteiger partial charge is 0.230 e. The van der Waals surface area contributed by atoms with Gasteiger partial charge in [0.1, 0.15) is 17.6 Å². The summed E-state index contributed by atoms with van der Waals surface area (Å²) in [5, 5.41) is 36.6. The second kappa shape index (κ2) is 17.0. The molecule has 0 fully saturated rings. The number of hydrogen-bond acceptors (Lipinski definition) is 4. The van der Waals surface area contributed by atoms with Crippen LogP contribution in [0.15, 0.2) is 182 Å². The summed E-state index contributed by atoms with van der Waals surface area (Å²) in [7, 11) is 0. The predicted molar refractivity (Wildman–Crippen MR) is 245 cm³/mol. The minimum Gasteiger partial charge on any atom is -0.378 e. The summed E-state index contributed by atoms with van der Waals surface area (Å²) >= 11 is 0. The van der Waals surface area contributed by atoms with Crippen LogP contribution < -0.4 is 10.6 Å². The summed E-state index contributed by atoms with van der Waals surface area (Å²) in [6.07, 6.45) is -0.585. The summed E-state index contributed by atoms with van der Waals surface area (Å²) in [4.78, 5) is 29.3. The first kappa shape index (κ1) is 40.9. The van der Waals surface area contributed by atoms with Crippen molar-refractivity contribution in [2.75, 3.05) is 0 Å². The van der Waals surface area contributed by atoms with Crippen LogP contribution in [-0.2, 0) is 20.8 Å². The number of rotatable bonds is 12. The molecule has 2 unspecified atom stereocenters. The molecule has 0 aliphatic rings. The molecule has 0 saturated carbocycles. The summed E-state index contributed by atoms with van der Waals surface area (Å²) in [5.74, 6) is -1.20. The normalized spacial score (nSPS) is 12.8. The summed E-state index contributed by atoms with van der Waals surface area (Å²) in [6, 6.07) is 56.0. The molecule has 0 spiro atoms. The monoisotopic (exact) mass is 802 g/mol. The zero-order valence-electron chi connectivity index (χ0n) is 34.9. The molecule has 0 radical (unpaired) electrons. The van der Waals surface area contributed by atoms with Crippen LogP contribution in [0.5, 0.6) is 0 Å². The first-order chi connectivity index (χ1) is 29.4. The van der Waals surface area contributed by atoms with Crippen LogP contribution in [0.1, 0.15) is 74.1 Å². The Morgan fingerprint density at radius 3 is 1.00 bits per heavy atom. The Balaban J connectivity index is 1.22. The van der Waals surface area contributed by atoms with Gasteiger partial charge >= 0.3 is 0 Å².